The van der Waals surface area contributed by atoms with Crippen LogP contribution in [0.5, 0.6) is 0 Å². The number of hydrogen-bond donors (Lipinski definition) is 3. The second kappa shape index (κ2) is 9.31. The molecule has 2 aromatic carbocycles. The number of urea groups is 1. The first-order chi connectivity index (χ1) is 15.0. The van der Waals surface area contributed by atoms with E-state index in [9.17, 15) is 14.4 Å². The van der Waals surface area contributed by atoms with Gasteiger partial charge in [-0.3, -0.25) is 14.9 Å². The smallest absolute Gasteiger partial charge is 0.319 e. The van der Waals surface area contributed by atoms with Crippen LogP contribution in [0, 0.1) is 5.92 Å². The monoisotopic (exact) mass is 421 g/mol. The van der Waals surface area contributed by atoms with Gasteiger partial charge in [-0.05, 0) is 42.5 Å². The van der Waals surface area contributed by atoms with Crippen LogP contribution >= 0.6 is 0 Å². The fourth-order valence-corrected chi connectivity index (χ4v) is 4.33. The highest BCUT2D eigenvalue weighted by Gasteiger charge is 2.34. The van der Waals surface area contributed by atoms with Crippen molar-refractivity contribution >= 4 is 23.5 Å². The van der Waals surface area contributed by atoms with Crippen LogP contribution in [0.25, 0.3) is 0 Å². The Balaban J connectivity index is 1.33. The summed E-state index contributed by atoms with van der Waals surface area (Å²) in [6.45, 7) is 1.91. The molecule has 31 heavy (non-hydrogen) atoms. The first-order valence-corrected chi connectivity index (χ1v) is 10.6. The maximum Gasteiger partial charge on any atom is 0.319 e. The maximum atomic E-state index is 12.5. The van der Waals surface area contributed by atoms with Crippen LogP contribution in [0.2, 0.25) is 0 Å². The van der Waals surface area contributed by atoms with Crippen molar-refractivity contribution in [1.82, 2.24) is 10.6 Å². The lowest BCUT2D eigenvalue weighted by atomic mass is 9.74. The number of nitrogens with one attached hydrogen (secondary N) is 3. The second-order valence-electron chi connectivity index (χ2n) is 8.28. The third kappa shape index (κ3) is 5.11. The van der Waals surface area contributed by atoms with Gasteiger partial charge in [0.1, 0.15) is 0 Å². The number of benzene rings is 2. The Kier molecular flexibility index (Phi) is 6.32. The Hall–Kier alpha value is -3.19. The summed E-state index contributed by atoms with van der Waals surface area (Å²) in [5, 5.41) is 8.23. The summed E-state index contributed by atoms with van der Waals surface area (Å²) in [7, 11) is 0. The fourth-order valence-electron chi connectivity index (χ4n) is 4.33. The standard InChI is InChI=1S/C24H27N3O4/c28-21-15-18(22(29)27-21)14-17-6-8-20(9-7-17)26-23(30)25-16-24(10-12-31-13-11-24)19-4-2-1-3-5-19/h1-9,18H,10-16H2,(H2,25,26,30)(H,27,28,29)/t18-/m0/s1. The maximum absolute atomic E-state index is 12.5. The molecule has 2 aliphatic rings. The lowest BCUT2D eigenvalue weighted by molar-refractivity contribution is -0.125. The summed E-state index contributed by atoms with van der Waals surface area (Å²) in [6, 6.07) is 17.4. The van der Waals surface area contributed by atoms with Crippen LogP contribution in [0.4, 0.5) is 10.5 Å². The molecule has 0 radical (unpaired) electrons. The fraction of sp³-hybridized carbons (Fsp3) is 0.375. The minimum atomic E-state index is -0.316. The van der Waals surface area contributed by atoms with Crippen LogP contribution in [-0.4, -0.2) is 37.6 Å². The SMILES string of the molecule is O=C1C[C@H](Cc2ccc(NC(=O)NCC3(c4ccccc4)CCOCC3)cc2)C(=O)N1. The third-order valence-electron chi connectivity index (χ3n) is 6.18. The van der Waals surface area contributed by atoms with Crippen molar-refractivity contribution in [1.29, 1.82) is 0 Å². The molecule has 7 heteroatoms. The number of hydrogen-bond acceptors (Lipinski definition) is 4. The molecule has 2 heterocycles. The van der Waals surface area contributed by atoms with Gasteiger partial charge in [-0.25, -0.2) is 4.79 Å². The van der Waals surface area contributed by atoms with Gasteiger partial charge in [0.2, 0.25) is 11.8 Å². The normalized spacial score (nSPS) is 20.2. The van der Waals surface area contributed by atoms with E-state index < -0.39 is 0 Å². The molecule has 1 atom stereocenters. The van der Waals surface area contributed by atoms with Gasteiger partial charge in [0.05, 0.1) is 5.92 Å². The van der Waals surface area contributed by atoms with Crippen molar-refractivity contribution in [2.75, 3.05) is 25.1 Å². The van der Waals surface area contributed by atoms with Gasteiger partial charge in [-0.15, -0.1) is 0 Å². The van der Waals surface area contributed by atoms with Crippen molar-refractivity contribution < 1.29 is 19.1 Å². The Bertz CT molecular complexity index is 937. The summed E-state index contributed by atoms with van der Waals surface area (Å²) >= 11 is 0. The van der Waals surface area contributed by atoms with E-state index in [0.29, 0.717) is 31.9 Å². The van der Waals surface area contributed by atoms with E-state index in [1.54, 1.807) is 0 Å². The topological polar surface area (TPSA) is 96.5 Å². The van der Waals surface area contributed by atoms with E-state index in [4.69, 9.17) is 4.74 Å². The van der Waals surface area contributed by atoms with Crippen molar-refractivity contribution in [3.8, 4) is 0 Å². The molecule has 0 aliphatic carbocycles. The molecule has 0 unspecified atom stereocenters. The quantitative estimate of drug-likeness (QED) is 0.625. The highest BCUT2D eigenvalue weighted by Crippen LogP contribution is 2.34. The van der Waals surface area contributed by atoms with Crippen LogP contribution in [0.1, 0.15) is 30.4 Å². The number of anilines is 1. The molecule has 0 spiro atoms. The van der Waals surface area contributed by atoms with Gasteiger partial charge in [-0.1, -0.05) is 42.5 Å². The Morgan fingerprint density at radius 2 is 1.74 bits per heavy atom. The van der Waals surface area contributed by atoms with Crippen LogP contribution in [0.3, 0.4) is 0 Å². The molecule has 2 aliphatic heterocycles. The van der Waals surface area contributed by atoms with Crippen LogP contribution in [-0.2, 0) is 26.2 Å². The van der Waals surface area contributed by atoms with E-state index in [1.165, 1.54) is 5.56 Å². The van der Waals surface area contributed by atoms with Crippen molar-refractivity contribution in [2.45, 2.75) is 31.1 Å². The Morgan fingerprint density at radius 1 is 1.03 bits per heavy atom. The molecule has 7 nitrogen and oxygen atoms in total. The summed E-state index contributed by atoms with van der Waals surface area (Å²) in [5.74, 6) is -0.752. The van der Waals surface area contributed by atoms with Crippen LogP contribution < -0.4 is 16.0 Å². The second-order valence-corrected chi connectivity index (χ2v) is 8.28. The van der Waals surface area contributed by atoms with Crippen LogP contribution in [0.15, 0.2) is 54.6 Å². The largest absolute Gasteiger partial charge is 0.381 e. The molecule has 2 saturated heterocycles. The summed E-state index contributed by atoms with van der Waals surface area (Å²) in [4.78, 5) is 35.6. The van der Waals surface area contributed by atoms with E-state index >= 15 is 0 Å². The first kappa shape index (κ1) is 21.1. The lowest BCUT2D eigenvalue weighted by Crippen LogP contribution is -2.45. The molecule has 162 valence electrons. The molecule has 2 aromatic rings. The zero-order chi connectivity index (χ0) is 21.7. The molecule has 0 aromatic heterocycles. The van der Waals surface area contributed by atoms with Gasteiger partial charge < -0.3 is 15.4 Å². The van der Waals surface area contributed by atoms with Crippen molar-refractivity contribution in [3.63, 3.8) is 0 Å². The van der Waals surface area contributed by atoms with Gasteiger partial charge in [-0.2, -0.15) is 0 Å². The Morgan fingerprint density at radius 3 is 2.39 bits per heavy atom. The van der Waals surface area contributed by atoms with Gasteiger partial charge in [0.15, 0.2) is 0 Å². The highest BCUT2D eigenvalue weighted by molar-refractivity contribution is 6.03. The zero-order valence-electron chi connectivity index (χ0n) is 17.4. The average molecular weight is 421 g/mol. The molecular formula is C24H27N3O4. The third-order valence-corrected chi connectivity index (χ3v) is 6.18. The lowest BCUT2D eigenvalue weighted by Gasteiger charge is -2.38. The van der Waals surface area contributed by atoms with Gasteiger partial charge in [0.25, 0.3) is 0 Å². The minimum absolute atomic E-state index is 0.125. The molecule has 4 amide bonds. The summed E-state index contributed by atoms with van der Waals surface area (Å²) < 4.78 is 5.55. The molecular weight excluding hydrogens is 394 g/mol. The zero-order valence-corrected chi connectivity index (χ0v) is 17.4. The van der Waals surface area contributed by atoms with E-state index in [1.807, 2.05) is 42.5 Å². The number of carbonyl (C=O) groups excluding carboxylic acids is 3. The summed E-state index contributed by atoms with van der Waals surface area (Å²) in [5.41, 5.74) is 2.72. The number of rotatable bonds is 6. The number of ether oxygens (including phenoxy) is 1. The van der Waals surface area contributed by atoms with E-state index in [2.05, 4.69) is 28.1 Å². The predicted molar refractivity (Wildman–Crippen MR) is 117 cm³/mol. The molecule has 3 N–H and O–H groups in total. The average Bonchev–Trinajstić information content (AvgIpc) is 3.11. The molecule has 0 saturated carbocycles. The number of carbonyl (C=O) groups is 3. The predicted octanol–water partition coefficient (Wildman–Crippen LogP) is 2.76. The summed E-state index contributed by atoms with van der Waals surface area (Å²) in [6.07, 6.45) is 2.47. The first-order valence-electron chi connectivity index (χ1n) is 10.6. The molecule has 4 rings (SSSR count). The van der Waals surface area contributed by atoms with Gasteiger partial charge >= 0.3 is 6.03 Å². The highest BCUT2D eigenvalue weighted by atomic mass is 16.5. The van der Waals surface area contributed by atoms with Crippen molar-refractivity contribution in [3.05, 3.63) is 65.7 Å². The minimum Gasteiger partial charge on any atom is -0.381 e. The molecule has 0 bridgehead atoms. The Labute approximate surface area is 181 Å². The van der Waals surface area contributed by atoms with E-state index in [0.717, 1.165) is 18.4 Å². The number of imide groups is 1. The van der Waals surface area contributed by atoms with E-state index in [-0.39, 0.29) is 35.6 Å². The van der Waals surface area contributed by atoms with Gasteiger partial charge in [0, 0.05) is 37.3 Å². The number of amides is 4. The molecule has 2 fully saturated rings. The van der Waals surface area contributed by atoms with Crippen molar-refractivity contribution in [2.24, 2.45) is 5.92 Å².